The molecule has 3 aromatic heterocycles. The summed E-state index contributed by atoms with van der Waals surface area (Å²) in [6.45, 7) is 12.9. The van der Waals surface area contributed by atoms with E-state index in [0.717, 1.165) is 31.9 Å². The summed E-state index contributed by atoms with van der Waals surface area (Å²) in [5, 5.41) is 11.9. The van der Waals surface area contributed by atoms with Crippen LogP contribution in [-0.4, -0.2) is 26.7 Å². The van der Waals surface area contributed by atoms with Crippen molar-refractivity contribution in [3.63, 3.8) is 0 Å². The van der Waals surface area contributed by atoms with E-state index in [1.807, 2.05) is 47.8 Å². The van der Waals surface area contributed by atoms with E-state index in [1.165, 1.54) is 11.3 Å². The number of rotatable bonds is 6. The Morgan fingerprint density at radius 3 is 2.05 bits per heavy atom. The van der Waals surface area contributed by atoms with Crippen molar-refractivity contribution in [1.29, 1.82) is 0 Å². The predicted octanol–water partition coefficient (Wildman–Crippen LogP) is 7.92. The Hall–Kier alpha value is -4.78. The van der Waals surface area contributed by atoms with Crippen LogP contribution in [0.1, 0.15) is 6.42 Å². The lowest BCUT2D eigenvalue weighted by Gasteiger charge is -2.08. The number of benzene rings is 1. The number of pyridine rings is 1. The van der Waals surface area contributed by atoms with Crippen LogP contribution in [0, 0.1) is 0 Å². The van der Waals surface area contributed by atoms with Crippen molar-refractivity contribution in [2.75, 3.05) is 18.1 Å². The summed E-state index contributed by atoms with van der Waals surface area (Å²) in [6, 6.07) is 16.2. The van der Waals surface area contributed by atoms with Crippen LogP contribution in [0.4, 0.5) is 5.69 Å². The van der Waals surface area contributed by atoms with E-state index in [4.69, 9.17) is 15.8 Å². The van der Waals surface area contributed by atoms with E-state index < -0.39 is 10.8 Å². The van der Waals surface area contributed by atoms with Crippen LogP contribution in [0.15, 0.2) is 142 Å². The predicted molar refractivity (Wildman–Crippen MR) is 173 cm³/mol. The Morgan fingerprint density at radius 2 is 1.51 bits per heavy atom. The number of hydrogen-bond donors (Lipinski definition) is 2. The molecule has 4 aromatic rings. The van der Waals surface area contributed by atoms with Gasteiger partial charge in [-0.1, -0.05) is 59.3 Å². The fourth-order valence-electron chi connectivity index (χ4n) is 3.17. The lowest BCUT2D eigenvalue weighted by molar-refractivity contribution is 0.296. The van der Waals surface area contributed by atoms with Gasteiger partial charge >= 0.3 is 0 Å². The molecule has 0 fully saturated rings. The number of thiophene rings is 2. The first-order valence-corrected chi connectivity index (χ1v) is 14.9. The first-order chi connectivity index (χ1) is 20.0. The Balaban J connectivity index is 0.000000352. The molecule has 4 nitrogen and oxygen atoms in total. The monoisotopic (exact) mass is 590 g/mol. The van der Waals surface area contributed by atoms with Crippen LogP contribution in [0.3, 0.4) is 0 Å². The van der Waals surface area contributed by atoms with E-state index in [2.05, 4.69) is 89.7 Å². The molecule has 41 heavy (non-hydrogen) atoms. The van der Waals surface area contributed by atoms with Crippen molar-refractivity contribution in [1.82, 2.24) is 4.98 Å². The van der Waals surface area contributed by atoms with E-state index >= 15 is 0 Å². The third-order valence-electron chi connectivity index (χ3n) is 4.83. The van der Waals surface area contributed by atoms with Gasteiger partial charge in [-0.3, -0.25) is 4.21 Å². The smallest absolute Gasteiger partial charge is 0.127 e. The highest BCUT2D eigenvalue weighted by molar-refractivity contribution is 7.87. The van der Waals surface area contributed by atoms with Crippen molar-refractivity contribution in [2.24, 2.45) is 0 Å². The highest BCUT2D eigenvalue weighted by atomic mass is 32.2. The van der Waals surface area contributed by atoms with Crippen molar-refractivity contribution in [2.45, 2.75) is 10.6 Å². The first kappa shape index (κ1) is 32.4. The number of aliphatic hydroxyl groups excluding tert-OH is 1. The highest BCUT2D eigenvalue weighted by Crippen LogP contribution is 2.43. The van der Waals surface area contributed by atoms with Crippen LogP contribution < -0.4 is 5.73 Å². The van der Waals surface area contributed by atoms with Gasteiger partial charge in [0, 0.05) is 17.7 Å². The third-order valence-corrected chi connectivity index (χ3v) is 8.72. The number of aromatic nitrogens is 1. The van der Waals surface area contributed by atoms with E-state index in [9.17, 15) is 4.21 Å². The van der Waals surface area contributed by atoms with Crippen LogP contribution in [0.25, 0.3) is 31.9 Å². The zero-order chi connectivity index (χ0) is 29.9. The lowest BCUT2D eigenvalue weighted by atomic mass is 10.0. The Bertz CT molecular complexity index is 1820. The molecule has 0 bridgehead atoms. The molecule has 1 atom stereocenters. The number of nitrogens with zero attached hydrogens (tertiary/aromatic N) is 1. The zero-order valence-corrected chi connectivity index (χ0v) is 24.7. The Labute approximate surface area is 250 Å². The normalized spacial score (nSPS) is 9.39. The number of fused-ring (bicyclic) bond motifs is 1. The molecule has 4 rings (SSSR count). The van der Waals surface area contributed by atoms with Crippen molar-refractivity contribution < 1.29 is 9.32 Å². The molecule has 1 aromatic carbocycles. The summed E-state index contributed by atoms with van der Waals surface area (Å²) < 4.78 is 13.3. The van der Waals surface area contributed by atoms with Gasteiger partial charge in [0.15, 0.2) is 0 Å². The number of anilines is 1. The Morgan fingerprint density at radius 1 is 0.878 bits per heavy atom. The fourth-order valence-corrected chi connectivity index (χ4v) is 6.49. The SMILES string of the molecule is C=C=C=C.C=C=C=C=C=C=C=C=C=C.Nc1c(S(=O)CCCO)sc2nc(-c3cccs3)cc(-c3ccccc3)c12. The number of aliphatic hydroxyl groups is 1. The first-order valence-electron chi connectivity index (χ1n) is 11.9. The lowest BCUT2D eigenvalue weighted by Crippen LogP contribution is -2.01. The molecule has 0 saturated carbocycles. The maximum Gasteiger partial charge on any atom is 0.127 e. The average Bonchev–Trinajstić information content (AvgIpc) is 3.67. The number of nitrogens with two attached hydrogens (primary N) is 1. The van der Waals surface area contributed by atoms with E-state index in [1.54, 1.807) is 11.3 Å². The van der Waals surface area contributed by atoms with Gasteiger partial charge in [-0.05, 0) is 95.8 Å². The third kappa shape index (κ3) is 10.0. The molecule has 0 radical (unpaired) electrons. The van der Waals surface area contributed by atoms with Crippen LogP contribution in [-0.2, 0) is 10.8 Å². The average molecular weight is 591 g/mol. The van der Waals surface area contributed by atoms with Gasteiger partial charge in [0.1, 0.15) is 9.04 Å². The molecule has 3 heterocycles. The second kappa shape index (κ2) is 18.5. The van der Waals surface area contributed by atoms with E-state index in [0.29, 0.717) is 22.1 Å². The highest BCUT2D eigenvalue weighted by Gasteiger charge is 2.20. The summed E-state index contributed by atoms with van der Waals surface area (Å²) in [5.41, 5.74) is 34.0. The second-order valence-corrected chi connectivity index (χ2v) is 11.2. The van der Waals surface area contributed by atoms with Gasteiger partial charge in [0.05, 0.1) is 27.1 Å². The minimum absolute atomic E-state index is 0.0204. The molecule has 3 N–H and O–H groups in total. The molecule has 0 spiro atoms. The van der Waals surface area contributed by atoms with Crippen LogP contribution in [0.2, 0.25) is 0 Å². The number of hydrogen-bond acceptors (Lipinski definition) is 6. The van der Waals surface area contributed by atoms with E-state index in [-0.39, 0.29) is 6.61 Å². The van der Waals surface area contributed by atoms with Crippen molar-refractivity contribution >= 4 is 49.4 Å². The second-order valence-electron chi connectivity index (χ2n) is 7.47. The largest absolute Gasteiger partial charge is 0.396 e. The zero-order valence-electron chi connectivity index (χ0n) is 22.3. The minimum atomic E-state index is -1.24. The molecule has 0 aliphatic rings. The van der Waals surface area contributed by atoms with Gasteiger partial charge in [-0.2, -0.15) is 0 Å². The molecule has 0 saturated heterocycles. The standard InChI is InChI=1S/C20H18N2O2S3.C10H4.C4H4/c21-18-17-14(13-6-2-1-3-7-13)12-15(16-8-4-10-25-16)22-19(17)26-20(18)27(24)11-5-9-23;1-3-5-7-9-10-8-6-4-2;1-3-4-2/h1-4,6-8,10,12,23H,5,9,11,21H2;1-2H2;1-2H2. The summed E-state index contributed by atoms with van der Waals surface area (Å²) >= 11 is 3.03. The molecule has 0 aliphatic heterocycles. The summed E-state index contributed by atoms with van der Waals surface area (Å²) in [4.78, 5) is 6.70. The van der Waals surface area contributed by atoms with Crippen molar-refractivity contribution in [3.8, 4) is 21.7 Å². The van der Waals surface area contributed by atoms with Crippen LogP contribution >= 0.6 is 22.7 Å². The number of nitrogen functional groups attached to an aromatic ring is 1. The minimum Gasteiger partial charge on any atom is -0.396 e. The van der Waals surface area contributed by atoms with Gasteiger partial charge in [-0.15, -0.1) is 22.7 Å². The molecule has 0 amide bonds. The van der Waals surface area contributed by atoms with Gasteiger partial charge in [-0.25, -0.2) is 4.98 Å². The molecular weight excluding hydrogens is 565 g/mol. The molecule has 202 valence electrons. The van der Waals surface area contributed by atoms with Gasteiger partial charge in [0.25, 0.3) is 0 Å². The fraction of sp³-hybridized carbons (Fsp3) is 0.0882. The molecule has 7 heteroatoms. The quantitative estimate of drug-likeness (QED) is 0.224. The summed E-state index contributed by atoms with van der Waals surface area (Å²) in [5.74, 6) is 0.395. The molecular formula is C34H26N2O2S3. The van der Waals surface area contributed by atoms with Gasteiger partial charge < -0.3 is 10.8 Å². The Kier molecular flexibility index (Phi) is 14.6. The van der Waals surface area contributed by atoms with Gasteiger partial charge in [0.2, 0.25) is 0 Å². The maximum atomic E-state index is 12.7. The summed E-state index contributed by atoms with van der Waals surface area (Å²) in [7, 11) is -1.24. The van der Waals surface area contributed by atoms with Crippen molar-refractivity contribution in [3.05, 3.63) is 138 Å². The maximum absolute atomic E-state index is 12.7. The topological polar surface area (TPSA) is 76.2 Å². The van der Waals surface area contributed by atoms with Crippen LogP contribution in [0.5, 0.6) is 0 Å². The molecule has 0 aliphatic carbocycles. The summed E-state index contributed by atoms with van der Waals surface area (Å²) in [6.07, 6.45) is 0.486. The molecule has 1 unspecified atom stereocenters.